The summed E-state index contributed by atoms with van der Waals surface area (Å²) in [5.74, 6) is 0.692. The summed E-state index contributed by atoms with van der Waals surface area (Å²) in [7, 11) is 3.33. The maximum atomic E-state index is 11.3. The molecule has 1 aromatic carbocycles. The molecular formula is C11H14BrNO2. The molecule has 0 atom stereocenters. The molecule has 0 N–H and O–H groups in total. The lowest BCUT2D eigenvalue weighted by atomic mass is 10.2. The van der Waals surface area contributed by atoms with Gasteiger partial charge in [0.25, 0.3) is 0 Å². The molecule has 4 heteroatoms. The Hall–Kier alpha value is -1.03. The van der Waals surface area contributed by atoms with Gasteiger partial charge >= 0.3 is 0 Å². The zero-order valence-electron chi connectivity index (χ0n) is 9.08. The second-order valence-electron chi connectivity index (χ2n) is 3.22. The number of anilines is 1. The molecule has 0 unspecified atom stereocenters. The number of methoxy groups -OCH3 is 1. The van der Waals surface area contributed by atoms with Crippen molar-refractivity contribution in [2.75, 3.05) is 19.1 Å². The van der Waals surface area contributed by atoms with Gasteiger partial charge in [-0.1, -0.05) is 22.0 Å². The van der Waals surface area contributed by atoms with Crippen LogP contribution in [0.5, 0.6) is 5.75 Å². The Balaban J connectivity index is 3.16. The fourth-order valence-corrected chi connectivity index (χ4v) is 1.60. The summed E-state index contributed by atoms with van der Waals surface area (Å²) in [5.41, 5.74) is 1.90. The molecule has 0 radical (unpaired) electrons. The summed E-state index contributed by atoms with van der Waals surface area (Å²) in [6.45, 7) is 1.53. The number of benzene rings is 1. The summed E-state index contributed by atoms with van der Waals surface area (Å²) in [5, 5.41) is 0.760. The molecule has 1 rings (SSSR count). The second-order valence-corrected chi connectivity index (χ2v) is 3.78. The molecule has 0 saturated carbocycles. The number of amides is 1. The first-order chi connectivity index (χ1) is 7.10. The number of ether oxygens (including phenoxy) is 1. The normalized spacial score (nSPS) is 9.87. The van der Waals surface area contributed by atoms with Gasteiger partial charge in [0.2, 0.25) is 5.91 Å². The van der Waals surface area contributed by atoms with Gasteiger partial charge in [-0.2, -0.15) is 0 Å². The van der Waals surface area contributed by atoms with Crippen molar-refractivity contribution < 1.29 is 9.53 Å². The fraction of sp³-hybridized carbons (Fsp3) is 0.364. The summed E-state index contributed by atoms with van der Waals surface area (Å²) in [6.07, 6.45) is 0. The maximum Gasteiger partial charge on any atom is 0.223 e. The predicted octanol–water partition coefficient (Wildman–Crippen LogP) is 2.57. The Morgan fingerprint density at radius 2 is 2.20 bits per heavy atom. The third-order valence-corrected chi connectivity index (χ3v) is 2.88. The number of rotatable bonds is 3. The van der Waals surface area contributed by atoms with Gasteiger partial charge in [-0.3, -0.25) is 4.79 Å². The Kier molecular flexibility index (Phi) is 4.15. The molecule has 0 saturated heterocycles. The number of halogens is 1. The lowest BCUT2D eigenvalue weighted by Gasteiger charge is -2.18. The molecule has 15 heavy (non-hydrogen) atoms. The monoisotopic (exact) mass is 271 g/mol. The lowest BCUT2D eigenvalue weighted by Crippen LogP contribution is -2.23. The van der Waals surface area contributed by atoms with Crippen molar-refractivity contribution in [3.05, 3.63) is 23.8 Å². The van der Waals surface area contributed by atoms with Crippen LogP contribution in [0.25, 0.3) is 0 Å². The molecule has 0 aliphatic rings. The van der Waals surface area contributed by atoms with Crippen molar-refractivity contribution in [2.24, 2.45) is 0 Å². The molecule has 1 aromatic rings. The summed E-state index contributed by atoms with van der Waals surface area (Å²) < 4.78 is 5.21. The van der Waals surface area contributed by atoms with E-state index in [1.54, 1.807) is 19.1 Å². The largest absolute Gasteiger partial charge is 0.495 e. The Morgan fingerprint density at radius 3 is 2.67 bits per heavy atom. The molecule has 1 amide bonds. The van der Waals surface area contributed by atoms with Gasteiger partial charge in [0.15, 0.2) is 0 Å². The van der Waals surface area contributed by atoms with Gasteiger partial charge < -0.3 is 9.64 Å². The Labute approximate surface area is 98.2 Å². The van der Waals surface area contributed by atoms with Crippen LogP contribution in [-0.4, -0.2) is 20.1 Å². The number of hydrogen-bond donors (Lipinski definition) is 0. The number of alkyl halides is 1. The Morgan fingerprint density at radius 1 is 1.53 bits per heavy atom. The highest BCUT2D eigenvalue weighted by atomic mass is 79.9. The molecule has 82 valence electrons. The van der Waals surface area contributed by atoms with Crippen LogP contribution in [-0.2, 0) is 10.1 Å². The number of nitrogens with zero attached hydrogens (tertiary/aromatic N) is 1. The quantitative estimate of drug-likeness (QED) is 0.791. The van der Waals surface area contributed by atoms with Crippen LogP contribution in [0, 0.1) is 0 Å². The van der Waals surface area contributed by atoms with E-state index in [0.29, 0.717) is 5.75 Å². The highest BCUT2D eigenvalue weighted by Crippen LogP contribution is 2.29. The molecule has 3 nitrogen and oxygen atoms in total. The lowest BCUT2D eigenvalue weighted by molar-refractivity contribution is -0.116. The third kappa shape index (κ3) is 2.72. The zero-order chi connectivity index (χ0) is 11.4. The van der Waals surface area contributed by atoms with Crippen molar-refractivity contribution in [3.63, 3.8) is 0 Å². The number of hydrogen-bond acceptors (Lipinski definition) is 2. The standard InChI is InChI=1S/C11H14BrNO2/c1-8(14)13(2)10-6-9(7-12)4-5-11(10)15-3/h4-6H,7H2,1-3H3. The van der Waals surface area contributed by atoms with E-state index in [9.17, 15) is 4.79 Å². The first kappa shape index (κ1) is 12.0. The van der Waals surface area contributed by atoms with Crippen LogP contribution in [0.3, 0.4) is 0 Å². The van der Waals surface area contributed by atoms with E-state index >= 15 is 0 Å². The van der Waals surface area contributed by atoms with Crippen molar-refractivity contribution in [1.29, 1.82) is 0 Å². The van der Waals surface area contributed by atoms with Gasteiger partial charge in [0, 0.05) is 19.3 Å². The first-order valence-electron chi connectivity index (χ1n) is 4.57. The summed E-state index contributed by atoms with van der Waals surface area (Å²) >= 11 is 3.38. The number of carbonyl (C=O) groups is 1. The average Bonchev–Trinajstić information content (AvgIpc) is 2.27. The first-order valence-corrected chi connectivity index (χ1v) is 5.69. The second kappa shape index (κ2) is 5.16. The van der Waals surface area contributed by atoms with Crippen LogP contribution in [0.1, 0.15) is 12.5 Å². The average molecular weight is 272 g/mol. The Bertz CT molecular complexity index is 366. The molecule has 0 aliphatic carbocycles. The predicted molar refractivity (Wildman–Crippen MR) is 64.7 cm³/mol. The third-order valence-electron chi connectivity index (χ3n) is 2.23. The van der Waals surface area contributed by atoms with E-state index in [-0.39, 0.29) is 5.91 Å². The van der Waals surface area contributed by atoms with Gasteiger partial charge in [-0.25, -0.2) is 0 Å². The van der Waals surface area contributed by atoms with Gasteiger partial charge in [0.1, 0.15) is 5.75 Å². The minimum Gasteiger partial charge on any atom is -0.495 e. The van der Waals surface area contributed by atoms with Crippen molar-refractivity contribution in [2.45, 2.75) is 12.3 Å². The van der Waals surface area contributed by atoms with E-state index in [1.807, 2.05) is 18.2 Å². The van der Waals surface area contributed by atoms with Gasteiger partial charge in [0.05, 0.1) is 12.8 Å². The van der Waals surface area contributed by atoms with Crippen LogP contribution in [0.2, 0.25) is 0 Å². The highest BCUT2D eigenvalue weighted by Gasteiger charge is 2.11. The van der Waals surface area contributed by atoms with Gasteiger partial charge in [-0.15, -0.1) is 0 Å². The topological polar surface area (TPSA) is 29.5 Å². The molecule has 0 aliphatic heterocycles. The minimum atomic E-state index is -0.0139. The molecule has 0 aromatic heterocycles. The van der Waals surface area contributed by atoms with E-state index < -0.39 is 0 Å². The van der Waals surface area contributed by atoms with Crippen LogP contribution in [0.15, 0.2) is 18.2 Å². The van der Waals surface area contributed by atoms with E-state index in [1.165, 1.54) is 6.92 Å². The SMILES string of the molecule is COc1ccc(CBr)cc1N(C)C(C)=O. The van der Waals surface area contributed by atoms with Crippen molar-refractivity contribution in [1.82, 2.24) is 0 Å². The molecule has 0 bridgehead atoms. The van der Waals surface area contributed by atoms with E-state index in [4.69, 9.17) is 4.74 Å². The summed E-state index contributed by atoms with van der Waals surface area (Å²) in [6, 6.07) is 5.77. The fourth-order valence-electron chi connectivity index (χ4n) is 1.25. The maximum absolute atomic E-state index is 11.3. The highest BCUT2D eigenvalue weighted by molar-refractivity contribution is 9.08. The van der Waals surface area contributed by atoms with Crippen LogP contribution in [0.4, 0.5) is 5.69 Å². The van der Waals surface area contributed by atoms with Gasteiger partial charge in [-0.05, 0) is 17.7 Å². The molecule has 0 heterocycles. The van der Waals surface area contributed by atoms with Crippen molar-refractivity contribution in [3.8, 4) is 5.75 Å². The molecule has 0 spiro atoms. The van der Waals surface area contributed by atoms with Crippen LogP contribution < -0.4 is 9.64 Å². The molecule has 0 fully saturated rings. The van der Waals surface area contributed by atoms with Crippen LogP contribution >= 0.6 is 15.9 Å². The number of carbonyl (C=O) groups excluding carboxylic acids is 1. The smallest absolute Gasteiger partial charge is 0.223 e. The summed E-state index contributed by atoms with van der Waals surface area (Å²) in [4.78, 5) is 12.8. The van der Waals surface area contributed by atoms with E-state index in [0.717, 1.165) is 16.6 Å². The minimum absolute atomic E-state index is 0.0139. The van der Waals surface area contributed by atoms with Crippen molar-refractivity contribution >= 4 is 27.5 Å². The van der Waals surface area contributed by atoms with E-state index in [2.05, 4.69) is 15.9 Å². The zero-order valence-corrected chi connectivity index (χ0v) is 10.7. The molecular weight excluding hydrogens is 258 g/mol.